The molecule has 2 nitrogen and oxygen atoms in total. The van der Waals surface area contributed by atoms with Gasteiger partial charge in [-0.3, -0.25) is 0 Å². The summed E-state index contributed by atoms with van der Waals surface area (Å²) in [6, 6.07) is 0. The highest BCUT2D eigenvalue weighted by Crippen LogP contribution is 1.58. The third-order valence-corrected chi connectivity index (χ3v) is 0.606. The van der Waals surface area contributed by atoms with Gasteiger partial charge in [-0.1, -0.05) is 6.08 Å². The molecule has 0 aromatic carbocycles. The molecular weight excluding hydrogens is 88.1 g/mol. The first-order valence-corrected chi connectivity index (χ1v) is 2.38. The molecule has 0 amide bonds. The van der Waals surface area contributed by atoms with Gasteiger partial charge in [0.1, 0.15) is 0 Å². The predicted octanol–water partition coefficient (Wildman–Crippen LogP) is -0.0611. The van der Waals surface area contributed by atoms with E-state index in [1.54, 1.807) is 0 Å². The van der Waals surface area contributed by atoms with E-state index in [0.717, 1.165) is 6.54 Å². The molecule has 0 aliphatic rings. The summed E-state index contributed by atoms with van der Waals surface area (Å²) in [7, 11) is 3.80. The van der Waals surface area contributed by atoms with Gasteiger partial charge in [-0.25, -0.2) is 0 Å². The third-order valence-electron chi connectivity index (χ3n) is 0.606. The summed E-state index contributed by atoms with van der Waals surface area (Å²) in [4.78, 5) is 0. The van der Waals surface area contributed by atoms with Crippen molar-refractivity contribution in [3.63, 3.8) is 0 Å². The minimum absolute atomic E-state index is 0.931. The molecule has 2 N–H and O–H groups in total. The Kier molecular flexibility index (Phi) is 5.11. The van der Waals surface area contributed by atoms with Gasteiger partial charge in [-0.15, -0.1) is 0 Å². The molecule has 0 radical (unpaired) electrons. The van der Waals surface area contributed by atoms with Crippen molar-refractivity contribution in [3.05, 3.63) is 12.3 Å². The van der Waals surface area contributed by atoms with Crippen molar-refractivity contribution in [1.29, 1.82) is 0 Å². The molecule has 0 rings (SSSR count). The van der Waals surface area contributed by atoms with Crippen LogP contribution in [0, 0.1) is 0 Å². The van der Waals surface area contributed by atoms with E-state index in [1.165, 1.54) is 0 Å². The molecule has 2 heteroatoms. The lowest BCUT2D eigenvalue weighted by Crippen LogP contribution is -2.05. The summed E-state index contributed by atoms with van der Waals surface area (Å²) < 4.78 is 0. The maximum Gasteiger partial charge on any atom is 0.0148 e. The quantitative estimate of drug-likeness (QED) is 0.519. The van der Waals surface area contributed by atoms with E-state index in [-0.39, 0.29) is 0 Å². The molecule has 0 fully saturated rings. The van der Waals surface area contributed by atoms with Crippen LogP contribution in [-0.4, -0.2) is 20.6 Å². The highest BCUT2D eigenvalue weighted by molar-refractivity contribution is 4.78. The van der Waals surface area contributed by atoms with Crippen LogP contribution >= 0.6 is 0 Å². The lowest BCUT2D eigenvalue weighted by Gasteiger charge is -1.86. The first-order valence-electron chi connectivity index (χ1n) is 2.38. The average molecular weight is 100 g/mol. The fraction of sp³-hybridized carbons (Fsp3) is 0.600. The standard InChI is InChI=1S/C5H12N2/c1-6-4-3-5-7-2/h3-4,6-7H,5H2,1-2H3/b4-3+. The fourth-order valence-electron chi connectivity index (χ4n) is 0.295. The zero-order chi connectivity index (χ0) is 5.54. The van der Waals surface area contributed by atoms with E-state index in [1.807, 2.05) is 26.4 Å². The van der Waals surface area contributed by atoms with Crippen molar-refractivity contribution in [2.75, 3.05) is 20.6 Å². The van der Waals surface area contributed by atoms with Gasteiger partial charge in [-0.05, 0) is 13.2 Å². The molecule has 7 heavy (non-hydrogen) atoms. The van der Waals surface area contributed by atoms with Gasteiger partial charge in [-0.2, -0.15) is 0 Å². The van der Waals surface area contributed by atoms with Crippen molar-refractivity contribution < 1.29 is 0 Å². The zero-order valence-corrected chi connectivity index (χ0v) is 4.86. The molecule has 0 heterocycles. The van der Waals surface area contributed by atoms with Gasteiger partial charge in [0.25, 0.3) is 0 Å². The number of rotatable bonds is 3. The van der Waals surface area contributed by atoms with E-state index in [4.69, 9.17) is 0 Å². The molecule has 0 saturated heterocycles. The Morgan fingerprint density at radius 3 is 2.57 bits per heavy atom. The highest BCUT2D eigenvalue weighted by atomic mass is 14.8. The molecule has 0 aliphatic carbocycles. The Morgan fingerprint density at radius 1 is 1.43 bits per heavy atom. The van der Waals surface area contributed by atoms with E-state index in [2.05, 4.69) is 10.6 Å². The van der Waals surface area contributed by atoms with Gasteiger partial charge >= 0.3 is 0 Å². The van der Waals surface area contributed by atoms with Crippen molar-refractivity contribution in [2.45, 2.75) is 0 Å². The van der Waals surface area contributed by atoms with Gasteiger partial charge in [0.15, 0.2) is 0 Å². The second kappa shape index (κ2) is 5.50. The summed E-state index contributed by atoms with van der Waals surface area (Å²) in [5.74, 6) is 0. The second-order valence-corrected chi connectivity index (χ2v) is 1.25. The topological polar surface area (TPSA) is 24.1 Å². The predicted molar refractivity (Wildman–Crippen MR) is 32.1 cm³/mol. The van der Waals surface area contributed by atoms with Crippen LogP contribution in [0.3, 0.4) is 0 Å². The number of likely N-dealkylation sites (N-methyl/N-ethyl adjacent to an activating group) is 1. The first-order chi connectivity index (χ1) is 3.41. The average Bonchev–Trinajstić information content (AvgIpc) is 1.69. The summed E-state index contributed by atoms with van der Waals surface area (Å²) in [6.45, 7) is 0.931. The molecule has 0 aromatic heterocycles. The van der Waals surface area contributed by atoms with Crippen LogP contribution in [-0.2, 0) is 0 Å². The van der Waals surface area contributed by atoms with Gasteiger partial charge < -0.3 is 10.6 Å². The van der Waals surface area contributed by atoms with Crippen molar-refractivity contribution in [2.24, 2.45) is 0 Å². The Bertz CT molecular complexity index is 50.0. The Balaban J connectivity index is 2.78. The summed E-state index contributed by atoms with van der Waals surface area (Å²) in [6.07, 6.45) is 3.91. The monoisotopic (exact) mass is 100 g/mol. The number of hydrogen-bond acceptors (Lipinski definition) is 2. The van der Waals surface area contributed by atoms with Crippen LogP contribution in [0.25, 0.3) is 0 Å². The zero-order valence-electron chi connectivity index (χ0n) is 4.86. The minimum atomic E-state index is 0.931. The molecule has 0 atom stereocenters. The van der Waals surface area contributed by atoms with E-state index in [0.29, 0.717) is 0 Å². The molecule has 0 spiro atoms. The normalized spacial score (nSPS) is 10.0. The van der Waals surface area contributed by atoms with E-state index < -0.39 is 0 Å². The number of hydrogen-bond donors (Lipinski definition) is 2. The Morgan fingerprint density at radius 2 is 2.14 bits per heavy atom. The SMILES string of the molecule is CN/C=C/CNC. The number of nitrogens with one attached hydrogen (secondary N) is 2. The Labute approximate surface area is 44.6 Å². The van der Waals surface area contributed by atoms with Crippen LogP contribution in [0.15, 0.2) is 12.3 Å². The second-order valence-electron chi connectivity index (χ2n) is 1.25. The lowest BCUT2D eigenvalue weighted by atomic mass is 10.6. The van der Waals surface area contributed by atoms with Crippen LogP contribution in [0.5, 0.6) is 0 Å². The maximum absolute atomic E-state index is 2.98. The molecule has 0 aromatic rings. The smallest absolute Gasteiger partial charge is 0.0148 e. The molecule has 0 bridgehead atoms. The maximum atomic E-state index is 2.98. The van der Waals surface area contributed by atoms with Crippen LogP contribution < -0.4 is 10.6 Å². The molecular formula is C5H12N2. The van der Waals surface area contributed by atoms with Gasteiger partial charge in [0.05, 0.1) is 0 Å². The van der Waals surface area contributed by atoms with Crippen LogP contribution in [0.4, 0.5) is 0 Å². The van der Waals surface area contributed by atoms with Crippen molar-refractivity contribution in [3.8, 4) is 0 Å². The largest absolute Gasteiger partial charge is 0.394 e. The summed E-state index contributed by atoms with van der Waals surface area (Å²) in [5.41, 5.74) is 0. The fourth-order valence-corrected chi connectivity index (χ4v) is 0.295. The van der Waals surface area contributed by atoms with Crippen molar-refractivity contribution in [1.82, 2.24) is 10.6 Å². The first kappa shape index (κ1) is 6.50. The van der Waals surface area contributed by atoms with Crippen LogP contribution in [0.2, 0.25) is 0 Å². The molecule has 0 unspecified atom stereocenters. The minimum Gasteiger partial charge on any atom is -0.394 e. The highest BCUT2D eigenvalue weighted by Gasteiger charge is 1.63. The van der Waals surface area contributed by atoms with E-state index >= 15 is 0 Å². The summed E-state index contributed by atoms with van der Waals surface area (Å²) >= 11 is 0. The molecule has 0 saturated carbocycles. The molecule has 42 valence electrons. The van der Waals surface area contributed by atoms with Gasteiger partial charge in [0.2, 0.25) is 0 Å². The van der Waals surface area contributed by atoms with Gasteiger partial charge in [0, 0.05) is 13.6 Å². The summed E-state index contributed by atoms with van der Waals surface area (Å²) in [5, 5.41) is 5.86. The van der Waals surface area contributed by atoms with Crippen LogP contribution in [0.1, 0.15) is 0 Å². The van der Waals surface area contributed by atoms with Crippen molar-refractivity contribution >= 4 is 0 Å². The van der Waals surface area contributed by atoms with E-state index in [9.17, 15) is 0 Å². The Hall–Kier alpha value is -0.500. The third kappa shape index (κ3) is 5.50. The lowest BCUT2D eigenvalue weighted by molar-refractivity contribution is 0.910. The molecule has 0 aliphatic heterocycles.